The van der Waals surface area contributed by atoms with Crippen LogP contribution < -0.4 is 0 Å². The summed E-state index contributed by atoms with van der Waals surface area (Å²) in [6.07, 6.45) is 1.50. The van der Waals surface area contributed by atoms with Crippen LogP contribution in [0.1, 0.15) is 40.5 Å². The molecule has 5 nitrogen and oxygen atoms in total. The minimum Gasteiger partial charge on any atom is -0.312 e. The van der Waals surface area contributed by atoms with Gasteiger partial charge in [-0.3, -0.25) is 9.69 Å². The minimum atomic E-state index is -0.586. The predicted molar refractivity (Wildman–Crippen MR) is 78.4 cm³/mol. The van der Waals surface area contributed by atoms with Crippen molar-refractivity contribution in [2.45, 2.75) is 52.1 Å². The second-order valence-corrected chi connectivity index (χ2v) is 6.81. The first-order valence-electron chi connectivity index (χ1n) is 7.63. The average molecular weight is 281 g/mol. The van der Waals surface area contributed by atoms with E-state index in [4.69, 9.17) is 0 Å². The highest BCUT2D eigenvalue weighted by atomic mass is 16.2. The highest BCUT2D eigenvalue weighted by molar-refractivity contribution is 6.07. The lowest BCUT2D eigenvalue weighted by atomic mass is 9.85. The van der Waals surface area contributed by atoms with Gasteiger partial charge in [0, 0.05) is 32.7 Å². The van der Waals surface area contributed by atoms with Crippen molar-refractivity contribution < 1.29 is 9.59 Å². The van der Waals surface area contributed by atoms with E-state index in [0.29, 0.717) is 18.5 Å². The molecule has 2 saturated heterocycles. The van der Waals surface area contributed by atoms with E-state index in [0.717, 1.165) is 25.9 Å². The van der Waals surface area contributed by atoms with E-state index in [2.05, 4.69) is 18.7 Å². The van der Waals surface area contributed by atoms with Crippen molar-refractivity contribution in [2.24, 2.45) is 5.92 Å². The molecule has 0 atom stereocenters. The number of hydrogen-bond acceptors (Lipinski definition) is 3. The van der Waals surface area contributed by atoms with E-state index in [-0.39, 0.29) is 11.9 Å². The van der Waals surface area contributed by atoms with E-state index in [9.17, 15) is 9.59 Å². The predicted octanol–water partition coefficient (Wildman–Crippen LogP) is 1.78. The van der Waals surface area contributed by atoms with E-state index < -0.39 is 5.54 Å². The highest BCUT2D eigenvalue weighted by Crippen LogP contribution is 2.36. The number of likely N-dealkylation sites (tertiary alicyclic amines) is 1. The fourth-order valence-electron chi connectivity index (χ4n) is 3.33. The number of nitrogens with zero attached hydrogens (tertiary/aromatic N) is 3. The van der Waals surface area contributed by atoms with Gasteiger partial charge in [-0.2, -0.15) is 0 Å². The second kappa shape index (κ2) is 5.35. The van der Waals surface area contributed by atoms with Crippen LogP contribution in [0.3, 0.4) is 0 Å². The molecule has 0 aromatic heterocycles. The number of amides is 3. The average Bonchev–Trinajstić information content (AvgIpc) is 2.55. The number of likely N-dealkylation sites (N-methyl/N-ethyl adjacent to an activating group) is 1. The van der Waals surface area contributed by atoms with Gasteiger partial charge in [0.05, 0.1) is 0 Å². The number of carbonyl (C=O) groups excluding carboxylic acids is 2. The molecule has 0 aliphatic carbocycles. The van der Waals surface area contributed by atoms with Gasteiger partial charge in [0.2, 0.25) is 0 Å². The van der Waals surface area contributed by atoms with E-state index in [1.165, 1.54) is 4.90 Å². The Kier molecular flexibility index (Phi) is 4.09. The van der Waals surface area contributed by atoms with Gasteiger partial charge in [0.15, 0.2) is 0 Å². The maximum absolute atomic E-state index is 12.8. The molecule has 114 valence electrons. The summed E-state index contributed by atoms with van der Waals surface area (Å²) in [5.41, 5.74) is -0.586. The Morgan fingerprint density at radius 3 is 2.10 bits per heavy atom. The summed E-state index contributed by atoms with van der Waals surface area (Å²) in [7, 11) is 1.78. The quantitative estimate of drug-likeness (QED) is 0.741. The minimum absolute atomic E-state index is 0.0158. The highest BCUT2D eigenvalue weighted by Gasteiger charge is 2.56. The Balaban J connectivity index is 2.16. The van der Waals surface area contributed by atoms with Crippen molar-refractivity contribution in [3.05, 3.63) is 0 Å². The molecule has 2 heterocycles. The molecule has 0 saturated carbocycles. The smallest absolute Gasteiger partial charge is 0.312 e. The van der Waals surface area contributed by atoms with Crippen molar-refractivity contribution in [1.29, 1.82) is 0 Å². The Bertz CT molecular complexity index is 398. The van der Waals surface area contributed by atoms with Crippen LogP contribution in [0, 0.1) is 5.92 Å². The van der Waals surface area contributed by atoms with Crippen LogP contribution >= 0.6 is 0 Å². The molecule has 0 radical (unpaired) electrons. The number of carbonyl (C=O) groups is 2. The number of hydrogen-bond donors (Lipinski definition) is 0. The summed E-state index contributed by atoms with van der Waals surface area (Å²) in [4.78, 5) is 30.6. The number of imide groups is 1. The topological polar surface area (TPSA) is 43.9 Å². The zero-order valence-electron chi connectivity index (χ0n) is 13.3. The second-order valence-electron chi connectivity index (χ2n) is 6.81. The van der Waals surface area contributed by atoms with Gasteiger partial charge in [0.25, 0.3) is 5.91 Å². The Hall–Kier alpha value is -1.10. The van der Waals surface area contributed by atoms with Crippen LogP contribution in [0.5, 0.6) is 0 Å². The molecule has 2 aliphatic rings. The third-order valence-electron chi connectivity index (χ3n) is 4.71. The molecular formula is C15H27N3O2. The first-order chi connectivity index (χ1) is 9.29. The standard InChI is InChI=1S/C15H27N3O2/c1-11(2)10-18-13(19)15(16(5)14(18)20)6-8-17(9-7-15)12(3)4/h11-12H,6-10H2,1-5H3. The summed E-state index contributed by atoms with van der Waals surface area (Å²) >= 11 is 0. The van der Waals surface area contributed by atoms with E-state index in [1.807, 2.05) is 13.8 Å². The largest absolute Gasteiger partial charge is 0.327 e. The number of urea groups is 1. The summed E-state index contributed by atoms with van der Waals surface area (Å²) in [6, 6.07) is 0.373. The van der Waals surface area contributed by atoms with Crippen molar-refractivity contribution in [3.8, 4) is 0 Å². The third-order valence-corrected chi connectivity index (χ3v) is 4.71. The fraction of sp³-hybridized carbons (Fsp3) is 0.867. The molecular weight excluding hydrogens is 254 g/mol. The Morgan fingerprint density at radius 2 is 1.65 bits per heavy atom. The normalized spacial score (nSPS) is 23.8. The summed E-state index contributed by atoms with van der Waals surface area (Å²) in [6.45, 7) is 10.7. The van der Waals surface area contributed by atoms with Gasteiger partial charge in [-0.15, -0.1) is 0 Å². The summed E-state index contributed by atoms with van der Waals surface area (Å²) < 4.78 is 0. The lowest BCUT2D eigenvalue weighted by molar-refractivity contribution is -0.135. The molecule has 0 aromatic rings. The van der Waals surface area contributed by atoms with Gasteiger partial charge in [-0.1, -0.05) is 13.8 Å². The van der Waals surface area contributed by atoms with Gasteiger partial charge < -0.3 is 9.80 Å². The zero-order chi connectivity index (χ0) is 15.1. The Labute approximate surface area is 121 Å². The molecule has 1 spiro atoms. The molecule has 5 heteroatoms. The Morgan fingerprint density at radius 1 is 1.10 bits per heavy atom. The van der Waals surface area contributed by atoms with Crippen LogP contribution in [0.2, 0.25) is 0 Å². The first-order valence-corrected chi connectivity index (χ1v) is 7.63. The fourth-order valence-corrected chi connectivity index (χ4v) is 3.33. The van der Waals surface area contributed by atoms with Gasteiger partial charge in [0.1, 0.15) is 5.54 Å². The SMILES string of the molecule is CC(C)CN1C(=O)N(C)C2(CCN(C(C)C)CC2)C1=O. The molecule has 2 fully saturated rings. The van der Waals surface area contributed by atoms with Crippen molar-refractivity contribution in [2.75, 3.05) is 26.7 Å². The molecule has 0 bridgehead atoms. The van der Waals surface area contributed by atoms with Crippen LogP contribution in [-0.2, 0) is 4.79 Å². The summed E-state index contributed by atoms with van der Waals surface area (Å²) in [5, 5.41) is 0. The van der Waals surface area contributed by atoms with Crippen molar-refractivity contribution >= 4 is 11.9 Å². The third kappa shape index (κ3) is 2.32. The number of rotatable bonds is 3. The zero-order valence-corrected chi connectivity index (χ0v) is 13.3. The molecule has 20 heavy (non-hydrogen) atoms. The van der Waals surface area contributed by atoms with Crippen LogP contribution in [0.4, 0.5) is 4.79 Å². The summed E-state index contributed by atoms with van der Waals surface area (Å²) in [5.74, 6) is 0.323. The molecule has 3 amide bonds. The maximum Gasteiger partial charge on any atom is 0.327 e. The molecule has 0 aromatic carbocycles. The van der Waals surface area contributed by atoms with E-state index in [1.54, 1.807) is 11.9 Å². The van der Waals surface area contributed by atoms with Crippen molar-refractivity contribution in [3.63, 3.8) is 0 Å². The molecule has 2 aliphatic heterocycles. The first kappa shape index (κ1) is 15.3. The van der Waals surface area contributed by atoms with Gasteiger partial charge >= 0.3 is 6.03 Å². The van der Waals surface area contributed by atoms with Gasteiger partial charge in [-0.25, -0.2) is 4.79 Å². The van der Waals surface area contributed by atoms with Crippen LogP contribution in [0.15, 0.2) is 0 Å². The number of piperidine rings is 1. The van der Waals surface area contributed by atoms with Crippen LogP contribution in [-0.4, -0.2) is 64.9 Å². The van der Waals surface area contributed by atoms with Gasteiger partial charge in [-0.05, 0) is 32.6 Å². The molecule has 2 rings (SSSR count). The lowest BCUT2D eigenvalue weighted by Crippen LogP contribution is -2.56. The van der Waals surface area contributed by atoms with E-state index >= 15 is 0 Å². The maximum atomic E-state index is 12.8. The monoisotopic (exact) mass is 281 g/mol. The van der Waals surface area contributed by atoms with Crippen molar-refractivity contribution in [1.82, 2.24) is 14.7 Å². The molecule has 0 N–H and O–H groups in total. The molecule has 0 unspecified atom stereocenters. The van der Waals surface area contributed by atoms with Crippen LogP contribution in [0.25, 0.3) is 0 Å². The lowest BCUT2D eigenvalue weighted by Gasteiger charge is -2.42.